The number of likely N-dealkylation sites (tertiary alicyclic amines) is 1. The topological polar surface area (TPSA) is 68.2 Å². The fraction of sp³-hybridized carbons (Fsp3) is 0.318. The Labute approximate surface area is 175 Å². The highest BCUT2D eigenvalue weighted by atomic mass is 35.5. The number of amides is 2. The van der Waals surface area contributed by atoms with Crippen LogP contribution in [0.5, 0.6) is 11.5 Å². The maximum absolute atomic E-state index is 12.6. The number of rotatable bonds is 8. The van der Waals surface area contributed by atoms with E-state index in [1.165, 1.54) is 4.90 Å². The maximum atomic E-state index is 12.6. The Morgan fingerprint density at radius 3 is 2.38 bits per heavy atom. The molecule has 3 rings (SSSR count). The highest BCUT2D eigenvalue weighted by Gasteiger charge is 2.43. The van der Waals surface area contributed by atoms with Crippen LogP contribution in [0, 0.1) is 0 Å². The third-order valence-electron chi connectivity index (χ3n) is 4.78. The van der Waals surface area contributed by atoms with Crippen molar-refractivity contribution < 1.29 is 19.1 Å². The predicted octanol–water partition coefficient (Wildman–Crippen LogP) is 2.91. The molecule has 0 spiro atoms. The first kappa shape index (κ1) is 20.9. The van der Waals surface area contributed by atoms with E-state index < -0.39 is 17.2 Å². The number of imide groups is 1. The van der Waals surface area contributed by atoms with Crippen LogP contribution >= 0.6 is 11.6 Å². The standard InChI is InChI=1S/C22H23ClN2O4/c1-28-17-9-8-16(14-18(17)29-2)10-12-24-20-19(23)21(26)25(22(20)27)13-11-15-6-4-3-5-7-15/h3-9,14,19H,10-13H2,1-2H3. The molecule has 0 N–H and O–H groups in total. The van der Waals surface area contributed by atoms with Gasteiger partial charge in [0.15, 0.2) is 16.9 Å². The van der Waals surface area contributed by atoms with Crippen molar-refractivity contribution in [1.82, 2.24) is 4.90 Å². The quantitative estimate of drug-likeness (QED) is 0.492. The normalized spacial score (nSPS) is 17.8. The van der Waals surface area contributed by atoms with Crippen LogP contribution in [0.3, 0.4) is 0 Å². The summed E-state index contributed by atoms with van der Waals surface area (Å²) in [6.45, 7) is 0.638. The summed E-state index contributed by atoms with van der Waals surface area (Å²) in [5, 5.41) is -1.02. The Hall–Kier alpha value is -2.86. The van der Waals surface area contributed by atoms with Gasteiger partial charge in [-0.2, -0.15) is 0 Å². The van der Waals surface area contributed by atoms with Crippen molar-refractivity contribution in [2.24, 2.45) is 4.99 Å². The number of benzene rings is 2. The fourth-order valence-corrected chi connectivity index (χ4v) is 3.47. The van der Waals surface area contributed by atoms with Crippen LogP contribution in [0.2, 0.25) is 0 Å². The minimum atomic E-state index is -1.02. The molecule has 2 aromatic rings. The summed E-state index contributed by atoms with van der Waals surface area (Å²) < 4.78 is 10.5. The lowest BCUT2D eigenvalue weighted by molar-refractivity contribution is -0.136. The Balaban J connectivity index is 1.63. The molecule has 0 bridgehead atoms. The van der Waals surface area contributed by atoms with Crippen molar-refractivity contribution in [2.45, 2.75) is 18.2 Å². The van der Waals surface area contributed by atoms with E-state index in [-0.39, 0.29) is 5.71 Å². The Bertz CT molecular complexity index is 914. The zero-order valence-electron chi connectivity index (χ0n) is 16.4. The number of ether oxygens (including phenoxy) is 2. The third-order valence-corrected chi connectivity index (χ3v) is 5.18. The number of carbonyl (C=O) groups is 2. The number of nitrogens with zero attached hydrogens (tertiary/aromatic N) is 2. The molecule has 1 heterocycles. The average molecular weight is 415 g/mol. The van der Waals surface area contributed by atoms with E-state index in [4.69, 9.17) is 21.1 Å². The number of alkyl halides is 1. The first-order chi connectivity index (χ1) is 14.0. The molecule has 0 aliphatic carbocycles. The number of aliphatic imine (C=N–C) groups is 1. The van der Waals surface area contributed by atoms with Crippen LogP contribution in [0.25, 0.3) is 0 Å². The van der Waals surface area contributed by atoms with Gasteiger partial charge < -0.3 is 9.47 Å². The first-order valence-electron chi connectivity index (χ1n) is 9.34. The highest BCUT2D eigenvalue weighted by molar-refractivity contribution is 6.63. The van der Waals surface area contributed by atoms with Gasteiger partial charge in [0.05, 0.1) is 14.2 Å². The van der Waals surface area contributed by atoms with Crippen LogP contribution in [0.1, 0.15) is 11.1 Å². The van der Waals surface area contributed by atoms with E-state index in [0.29, 0.717) is 37.4 Å². The van der Waals surface area contributed by atoms with Gasteiger partial charge in [-0.1, -0.05) is 36.4 Å². The van der Waals surface area contributed by atoms with E-state index >= 15 is 0 Å². The van der Waals surface area contributed by atoms with E-state index in [1.54, 1.807) is 14.2 Å². The van der Waals surface area contributed by atoms with Gasteiger partial charge in [-0.25, -0.2) is 0 Å². The lowest BCUT2D eigenvalue weighted by atomic mass is 10.1. The maximum Gasteiger partial charge on any atom is 0.276 e. The molecule has 6 nitrogen and oxygen atoms in total. The highest BCUT2D eigenvalue weighted by Crippen LogP contribution is 2.27. The predicted molar refractivity (Wildman–Crippen MR) is 112 cm³/mol. The number of carbonyl (C=O) groups excluding carboxylic acids is 2. The number of methoxy groups -OCH3 is 2. The summed E-state index contributed by atoms with van der Waals surface area (Å²) in [7, 11) is 3.16. The van der Waals surface area contributed by atoms with Crippen LogP contribution in [0.4, 0.5) is 0 Å². The van der Waals surface area contributed by atoms with Gasteiger partial charge in [0.25, 0.3) is 11.8 Å². The van der Waals surface area contributed by atoms with Gasteiger partial charge in [-0.3, -0.25) is 19.5 Å². The molecule has 1 aliphatic rings. The molecular formula is C22H23ClN2O4. The second-order valence-corrected chi connectivity index (χ2v) is 7.04. The molecular weight excluding hydrogens is 392 g/mol. The van der Waals surface area contributed by atoms with Crippen molar-refractivity contribution >= 4 is 29.1 Å². The smallest absolute Gasteiger partial charge is 0.276 e. The number of hydrogen-bond acceptors (Lipinski definition) is 5. The Kier molecular flexibility index (Phi) is 6.88. The molecule has 0 aromatic heterocycles. The lowest BCUT2D eigenvalue weighted by Gasteiger charge is -2.12. The van der Waals surface area contributed by atoms with E-state index in [0.717, 1.165) is 11.1 Å². The summed E-state index contributed by atoms with van der Waals surface area (Å²) in [6, 6.07) is 15.3. The van der Waals surface area contributed by atoms with Gasteiger partial charge in [0.1, 0.15) is 5.71 Å². The van der Waals surface area contributed by atoms with Crippen molar-refractivity contribution in [3.05, 3.63) is 59.7 Å². The average Bonchev–Trinajstić information content (AvgIpc) is 2.95. The SMILES string of the molecule is COc1ccc(CCN=C2C(=O)N(CCc3ccccc3)C(=O)C2Cl)cc1OC. The summed E-state index contributed by atoms with van der Waals surface area (Å²) in [5.41, 5.74) is 2.15. The Morgan fingerprint density at radius 2 is 1.69 bits per heavy atom. The lowest BCUT2D eigenvalue weighted by Crippen LogP contribution is -2.33. The summed E-state index contributed by atoms with van der Waals surface area (Å²) in [6.07, 6.45) is 1.17. The third kappa shape index (κ3) is 4.77. The van der Waals surface area contributed by atoms with Crippen LogP contribution in [-0.2, 0) is 22.4 Å². The second kappa shape index (κ2) is 9.56. The monoisotopic (exact) mass is 414 g/mol. The summed E-state index contributed by atoms with van der Waals surface area (Å²) in [5.74, 6) is 0.469. The minimum Gasteiger partial charge on any atom is -0.493 e. The molecule has 1 aliphatic heterocycles. The Morgan fingerprint density at radius 1 is 0.966 bits per heavy atom. The molecule has 7 heteroatoms. The molecule has 1 atom stereocenters. The zero-order valence-corrected chi connectivity index (χ0v) is 17.2. The minimum absolute atomic E-state index is 0.116. The summed E-state index contributed by atoms with van der Waals surface area (Å²) >= 11 is 6.19. The van der Waals surface area contributed by atoms with Gasteiger partial charge in [-0.05, 0) is 36.1 Å². The fourth-order valence-electron chi connectivity index (χ4n) is 3.19. The van der Waals surface area contributed by atoms with Crippen molar-refractivity contribution in [1.29, 1.82) is 0 Å². The number of halogens is 1. The van der Waals surface area contributed by atoms with E-state index in [1.807, 2.05) is 48.5 Å². The van der Waals surface area contributed by atoms with Gasteiger partial charge in [0.2, 0.25) is 0 Å². The van der Waals surface area contributed by atoms with Gasteiger partial charge >= 0.3 is 0 Å². The molecule has 1 fully saturated rings. The van der Waals surface area contributed by atoms with Gasteiger partial charge in [-0.15, -0.1) is 11.6 Å². The molecule has 0 saturated carbocycles. The molecule has 152 valence electrons. The second-order valence-electron chi connectivity index (χ2n) is 6.60. The molecule has 29 heavy (non-hydrogen) atoms. The molecule has 1 unspecified atom stereocenters. The van der Waals surface area contributed by atoms with Crippen molar-refractivity contribution in [2.75, 3.05) is 27.3 Å². The zero-order chi connectivity index (χ0) is 20.8. The van der Waals surface area contributed by atoms with E-state index in [9.17, 15) is 9.59 Å². The van der Waals surface area contributed by atoms with E-state index in [2.05, 4.69) is 4.99 Å². The van der Waals surface area contributed by atoms with Crippen molar-refractivity contribution in [3.8, 4) is 11.5 Å². The largest absolute Gasteiger partial charge is 0.493 e. The first-order valence-corrected chi connectivity index (χ1v) is 9.77. The molecule has 2 aromatic carbocycles. The van der Waals surface area contributed by atoms with Crippen LogP contribution in [-0.4, -0.2) is 55.1 Å². The van der Waals surface area contributed by atoms with Crippen LogP contribution in [0.15, 0.2) is 53.5 Å². The summed E-state index contributed by atoms with van der Waals surface area (Å²) in [4.78, 5) is 30.6. The molecule has 2 amide bonds. The molecule has 1 saturated heterocycles. The van der Waals surface area contributed by atoms with Crippen molar-refractivity contribution in [3.63, 3.8) is 0 Å². The van der Waals surface area contributed by atoms with Gasteiger partial charge in [0, 0.05) is 13.1 Å². The molecule has 0 radical (unpaired) electrons. The number of hydrogen-bond donors (Lipinski definition) is 0. The van der Waals surface area contributed by atoms with Crippen LogP contribution < -0.4 is 9.47 Å².